The molecule has 0 spiro atoms. The molecule has 0 unspecified atom stereocenters. The number of benzene rings is 3. The number of nitrogens with zero attached hydrogens (tertiary/aromatic N) is 1. The van der Waals surface area contributed by atoms with Gasteiger partial charge in [0.1, 0.15) is 6.54 Å². The van der Waals surface area contributed by atoms with Crippen LogP contribution in [0.1, 0.15) is 5.56 Å². The van der Waals surface area contributed by atoms with Crippen molar-refractivity contribution in [3.05, 3.63) is 88.5 Å². The van der Waals surface area contributed by atoms with Crippen molar-refractivity contribution in [3.63, 3.8) is 0 Å². The van der Waals surface area contributed by atoms with E-state index in [0.717, 1.165) is 5.56 Å². The molecule has 0 saturated carbocycles. The minimum Gasteiger partial charge on any atom is -0.337 e. The average Bonchev–Trinajstić information content (AvgIpc) is 3.10. The number of hydrogen-bond donors (Lipinski definition) is 1. The van der Waals surface area contributed by atoms with Gasteiger partial charge in [-0.25, -0.2) is 8.42 Å². The van der Waals surface area contributed by atoms with Crippen molar-refractivity contribution in [2.75, 3.05) is 5.32 Å². The van der Waals surface area contributed by atoms with E-state index in [0.29, 0.717) is 26.6 Å². The van der Waals surface area contributed by atoms with Crippen LogP contribution in [-0.4, -0.2) is 18.9 Å². The number of sulfone groups is 1. The van der Waals surface area contributed by atoms with Crippen molar-refractivity contribution in [3.8, 4) is 0 Å². The fourth-order valence-corrected chi connectivity index (χ4v) is 5.11. The largest absolute Gasteiger partial charge is 0.337 e. The summed E-state index contributed by atoms with van der Waals surface area (Å²) in [5, 5.41) is 4.04. The van der Waals surface area contributed by atoms with E-state index in [1.54, 1.807) is 71.3 Å². The second-order valence-electron chi connectivity index (χ2n) is 7.13. The van der Waals surface area contributed by atoms with Gasteiger partial charge in [-0.1, -0.05) is 59.1 Å². The summed E-state index contributed by atoms with van der Waals surface area (Å²) in [4.78, 5) is 13.0. The second kappa shape index (κ2) is 8.38. The third-order valence-corrected chi connectivity index (χ3v) is 7.43. The molecular formula is C23H18Cl2N2O3S. The summed E-state index contributed by atoms with van der Waals surface area (Å²) in [6.45, 7) is 1.83. The number of fused-ring (bicyclic) bond motifs is 1. The van der Waals surface area contributed by atoms with Gasteiger partial charge in [0.15, 0.2) is 0 Å². The number of para-hydroxylation sites is 1. The molecule has 0 saturated heterocycles. The van der Waals surface area contributed by atoms with Gasteiger partial charge in [0.05, 0.1) is 19.8 Å². The van der Waals surface area contributed by atoms with Gasteiger partial charge in [-0.15, -0.1) is 0 Å². The fourth-order valence-electron chi connectivity index (χ4n) is 3.33. The Labute approximate surface area is 190 Å². The van der Waals surface area contributed by atoms with Gasteiger partial charge in [-0.05, 0) is 43.3 Å². The molecule has 1 heterocycles. The first-order valence-electron chi connectivity index (χ1n) is 9.40. The van der Waals surface area contributed by atoms with Gasteiger partial charge in [0.2, 0.25) is 15.7 Å². The topological polar surface area (TPSA) is 68.2 Å². The predicted molar refractivity (Wildman–Crippen MR) is 124 cm³/mol. The van der Waals surface area contributed by atoms with E-state index < -0.39 is 9.84 Å². The Morgan fingerprint density at radius 3 is 2.39 bits per heavy atom. The van der Waals surface area contributed by atoms with Gasteiger partial charge >= 0.3 is 0 Å². The number of carbonyl (C=O) groups is 1. The van der Waals surface area contributed by atoms with Crippen molar-refractivity contribution >= 4 is 55.5 Å². The first-order valence-corrected chi connectivity index (χ1v) is 11.6. The standard InChI is InChI=1S/C23H18Cl2N2O3S/c1-15-6-9-17(10-7-15)31(29,30)22-13-27(21-5-3-2-4-18(21)22)14-23(28)26-16-8-11-19(24)20(25)12-16/h2-13H,14H2,1H3,(H,26,28). The van der Waals surface area contributed by atoms with E-state index in [9.17, 15) is 13.2 Å². The minimum atomic E-state index is -3.75. The van der Waals surface area contributed by atoms with Crippen LogP contribution in [0.15, 0.2) is 82.7 Å². The number of nitrogens with one attached hydrogen (secondary N) is 1. The van der Waals surface area contributed by atoms with Gasteiger partial charge < -0.3 is 9.88 Å². The highest BCUT2D eigenvalue weighted by Crippen LogP contribution is 2.30. The normalized spacial score (nSPS) is 11.6. The smallest absolute Gasteiger partial charge is 0.244 e. The molecule has 0 radical (unpaired) electrons. The van der Waals surface area contributed by atoms with E-state index >= 15 is 0 Å². The molecule has 0 aliphatic carbocycles. The maximum absolute atomic E-state index is 13.3. The molecular weight excluding hydrogens is 455 g/mol. The lowest BCUT2D eigenvalue weighted by Crippen LogP contribution is -2.18. The lowest BCUT2D eigenvalue weighted by atomic mass is 10.2. The zero-order valence-electron chi connectivity index (χ0n) is 16.5. The molecule has 1 amide bonds. The third kappa shape index (κ3) is 4.32. The SMILES string of the molecule is Cc1ccc(S(=O)(=O)c2cn(CC(=O)Nc3ccc(Cl)c(Cl)c3)c3ccccc23)cc1. The van der Waals surface area contributed by atoms with Crippen LogP contribution in [0.4, 0.5) is 5.69 Å². The Kier molecular flexibility index (Phi) is 5.79. The molecule has 8 heteroatoms. The molecule has 3 aromatic carbocycles. The fraction of sp³-hybridized carbons (Fsp3) is 0.0870. The minimum absolute atomic E-state index is 0.0653. The van der Waals surface area contributed by atoms with Gasteiger partial charge in [0.25, 0.3) is 0 Å². The van der Waals surface area contributed by atoms with E-state index in [1.165, 1.54) is 6.20 Å². The highest BCUT2D eigenvalue weighted by Gasteiger charge is 2.23. The first kappa shape index (κ1) is 21.4. The molecule has 31 heavy (non-hydrogen) atoms. The van der Waals surface area contributed by atoms with Crippen LogP contribution in [0.2, 0.25) is 10.0 Å². The van der Waals surface area contributed by atoms with Crippen molar-refractivity contribution in [2.24, 2.45) is 0 Å². The molecule has 1 N–H and O–H groups in total. The lowest BCUT2D eigenvalue weighted by Gasteiger charge is -2.08. The van der Waals surface area contributed by atoms with Crippen molar-refractivity contribution in [1.82, 2.24) is 4.57 Å². The lowest BCUT2D eigenvalue weighted by molar-refractivity contribution is -0.116. The van der Waals surface area contributed by atoms with Crippen molar-refractivity contribution in [2.45, 2.75) is 23.3 Å². The molecule has 0 atom stereocenters. The van der Waals surface area contributed by atoms with Gasteiger partial charge in [-0.3, -0.25) is 4.79 Å². The highest BCUT2D eigenvalue weighted by molar-refractivity contribution is 7.91. The highest BCUT2D eigenvalue weighted by atomic mass is 35.5. The van der Waals surface area contributed by atoms with E-state index in [1.807, 2.05) is 6.92 Å². The number of aryl methyl sites for hydroxylation is 1. The van der Waals surface area contributed by atoms with E-state index in [-0.39, 0.29) is 22.2 Å². The Bertz CT molecular complexity index is 1390. The van der Waals surface area contributed by atoms with Crippen molar-refractivity contribution < 1.29 is 13.2 Å². The second-order valence-corrected chi connectivity index (χ2v) is 9.86. The zero-order chi connectivity index (χ0) is 22.2. The summed E-state index contributed by atoms with van der Waals surface area (Å²) in [6.07, 6.45) is 1.51. The number of rotatable bonds is 5. The molecule has 4 aromatic rings. The molecule has 158 valence electrons. The molecule has 0 aliphatic heterocycles. The van der Waals surface area contributed by atoms with Crippen LogP contribution >= 0.6 is 23.2 Å². The summed E-state index contributed by atoms with van der Waals surface area (Å²) in [5.41, 5.74) is 2.13. The van der Waals surface area contributed by atoms with Gasteiger partial charge in [-0.2, -0.15) is 0 Å². The van der Waals surface area contributed by atoms with Crippen LogP contribution < -0.4 is 5.32 Å². The summed E-state index contributed by atoms with van der Waals surface area (Å²) in [5.74, 6) is -0.321. The van der Waals surface area contributed by atoms with Crippen LogP contribution in [0.25, 0.3) is 10.9 Å². The van der Waals surface area contributed by atoms with Gasteiger partial charge in [0, 0.05) is 22.8 Å². The Morgan fingerprint density at radius 1 is 0.968 bits per heavy atom. The zero-order valence-corrected chi connectivity index (χ0v) is 18.8. The quantitative estimate of drug-likeness (QED) is 0.403. The van der Waals surface area contributed by atoms with Crippen LogP contribution in [0.5, 0.6) is 0 Å². The van der Waals surface area contributed by atoms with E-state index in [2.05, 4.69) is 5.32 Å². The summed E-state index contributed by atoms with van der Waals surface area (Å²) < 4.78 is 28.2. The summed E-state index contributed by atoms with van der Waals surface area (Å²) >= 11 is 11.9. The molecule has 1 aromatic heterocycles. The summed E-state index contributed by atoms with van der Waals surface area (Å²) in [7, 11) is -3.75. The summed E-state index contributed by atoms with van der Waals surface area (Å²) in [6, 6.07) is 18.6. The molecule has 4 rings (SSSR count). The van der Waals surface area contributed by atoms with Crippen LogP contribution in [0.3, 0.4) is 0 Å². The van der Waals surface area contributed by atoms with Crippen LogP contribution in [0, 0.1) is 6.92 Å². The monoisotopic (exact) mass is 472 g/mol. The molecule has 0 fully saturated rings. The molecule has 5 nitrogen and oxygen atoms in total. The number of aromatic nitrogens is 1. The van der Waals surface area contributed by atoms with Crippen molar-refractivity contribution in [1.29, 1.82) is 0 Å². The first-order chi connectivity index (χ1) is 14.8. The number of halogens is 2. The number of carbonyl (C=O) groups excluding carboxylic acids is 1. The number of anilines is 1. The Hall–Kier alpha value is -2.80. The van der Waals surface area contributed by atoms with E-state index in [4.69, 9.17) is 23.2 Å². The number of hydrogen-bond acceptors (Lipinski definition) is 3. The maximum atomic E-state index is 13.3. The molecule has 0 aliphatic rings. The Balaban J connectivity index is 1.69. The van der Waals surface area contributed by atoms with Crippen LogP contribution in [-0.2, 0) is 21.2 Å². The maximum Gasteiger partial charge on any atom is 0.244 e. The Morgan fingerprint density at radius 2 is 1.68 bits per heavy atom. The average molecular weight is 473 g/mol. The third-order valence-electron chi connectivity index (χ3n) is 4.89. The predicted octanol–water partition coefficient (Wildman–Crippen LogP) is 5.73. The number of amides is 1. The molecule has 0 bridgehead atoms.